The number of H-pyrrole nitrogens is 1. The van der Waals surface area contributed by atoms with Gasteiger partial charge in [0.25, 0.3) is 0 Å². The SMILES string of the molecule is Oc1cc(C2Cc3c(Cl)c[nH+]cc3O2)ccc1OC(F)F. The number of alkyl halides is 2. The van der Waals surface area contributed by atoms with Gasteiger partial charge in [-0.05, 0) is 17.7 Å². The van der Waals surface area contributed by atoms with Gasteiger partial charge < -0.3 is 14.6 Å². The van der Waals surface area contributed by atoms with E-state index in [-0.39, 0.29) is 17.6 Å². The molecule has 1 aromatic heterocycles. The number of aromatic amines is 1. The molecule has 110 valence electrons. The molecule has 1 aliphatic heterocycles. The van der Waals surface area contributed by atoms with Gasteiger partial charge in [-0.3, -0.25) is 0 Å². The van der Waals surface area contributed by atoms with E-state index in [2.05, 4.69) is 9.72 Å². The minimum atomic E-state index is -2.98. The zero-order valence-corrected chi connectivity index (χ0v) is 11.4. The van der Waals surface area contributed by atoms with E-state index in [0.29, 0.717) is 22.8 Å². The molecule has 2 aromatic rings. The van der Waals surface area contributed by atoms with E-state index in [9.17, 15) is 13.9 Å². The normalized spacial score (nSPS) is 16.7. The van der Waals surface area contributed by atoms with Crippen molar-refractivity contribution in [2.75, 3.05) is 0 Å². The lowest BCUT2D eigenvalue weighted by Gasteiger charge is -2.13. The van der Waals surface area contributed by atoms with Gasteiger partial charge in [0.05, 0.1) is 0 Å². The maximum atomic E-state index is 12.1. The summed E-state index contributed by atoms with van der Waals surface area (Å²) in [6.45, 7) is -2.98. The molecule has 0 spiro atoms. The molecule has 0 saturated carbocycles. The van der Waals surface area contributed by atoms with Crippen LogP contribution < -0.4 is 14.5 Å². The lowest BCUT2D eigenvalue weighted by atomic mass is 10.0. The predicted octanol–water partition coefficient (Wildman–Crippen LogP) is 3.14. The summed E-state index contributed by atoms with van der Waals surface area (Å²) >= 11 is 6.07. The Balaban J connectivity index is 1.84. The molecule has 0 radical (unpaired) electrons. The van der Waals surface area contributed by atoms with Crippen molar-refractivity contribution in [2.24, 2.45) is 0 Å². The quantitative estimate of drug-likeness (QED) is 0.947. The van der Waals surface area contributed by atoms with Gasteiger partial charge in [-0.2, -0.15) is 8.78 Å². The van der Waals surface area contributed by atoms with Crippen molar-refractivity contribution in [3.63, 3.8) is 0 Å². The van der Waals surface area contributed by atoms with Crippen LogP contribution in [0.3, 0.4) is 0 Å². The first-order valence-electron chi connectivity index (χ1n) is 6.17. The summed E-state index contributed by atoms with van der Waals surface area (Å²) in [7, 11) is 0. The average molecular weight is 315 g/mol. The second-order valence-corrected chi connectivity index (χ2v) is 4.97. The molecule has 0 fully saturated rings. The number of rotatable bonds is 3. The zero-order valence-electron chi connectivity index (χ0n) is 10.6. The van der Waals surface area contributed by atoms with E-state index < -0.39 is 6.61 Å². The highest BCUT2D eigenvalue weighted by atomic mass is 35.5. The maximum Gasteiger partial charge on any atom is 0.387 e. The molecule has 1 atom stereocenters. The topological polar surface area (TPSA) is 52.8 Å². The van der Waals surface area contributed by atoms with E-state index in [4.69, 9.17) is 16.3 Å². The number of halogens is 3. The van der Waals surface area contributed by atoms with Crippen LogP contribution in [0.2, 0.25) is 5.02 Å². The molecule has 2 N–H and O–H groups in total. The molecule has 2 heterocycles. The Morgan fingerprint density at radius 3 is 2.86 bits per heavy atom. The molecular weight excluding hydrogens is 304 g/mol. The molecule has 0 bridgehead atoms. The minimum absolute atomic E-state index is 0.268. The van der Waals surface area contributed by atoms with Crippen LogP contribution in [-0.2, 0) is 6.42 Å². The van der Waals surface area contributed by atoms with Gasteiger partial charge in [-0.15, -0.1) is 0 Å². The van der Waals surface area contributed by atoms with Crippen LogP contribution in [-0.4, -0.2) is 11.7 Å². The Morgan fingerprint density at radius 1 is 1.38 bits per heavy atom. The highest BCUT2D eigenvalue weighted by Gasteiger charge is 2.29. The number of fused-ring (bicyclic) bond motifs is 1. The molecule has 0 saturated heterocycles. The summed E-state index contributed by atoms with van der Waals surface area (Å²) in [4.78, 5) is 2.87. The second kappa shape index (κ2) is 5.37. The van der Waals surface area contributed by atoms with Crippen LogP contribution in [0.4, 0.5) is 8.78 Å². The van der Waals surface area contributed by atoms with Gasteiger partial charge in [0.15, 0.2) is 23.4 Å². The molecule has 3 rings (SSSR count). The number of benzene rings is 1. The van der Waals surface area contributed by atoms with Gasteiger partial charge in [0.1, 0.15) is 11.1 Å². The fourth-order valence-electron chi connectivity index (χ4n) is 2.28. The standard InChI is InChI=1S/C14H10ClF2NO3/c15-9-5-18-6-13-8(9)4-12(20-13)7-1-2-11(10(19)3-7)21-14(16)17/h1-3,5-6,12,14,19H,4H2/p+1. The summed E-state index contributed by atoms with van der Waals surface area (Å²) < 4.78 is 34.2. The van der Waals surface area contributed by atoms with Gasteiger partial charge in [-0.25, -0.2) is 4.98 Å². The number of phenolic OH excluding ortho intramolecular Hbond substituents is 1. The Labute approximate surface area is 123 Å². The first-order valence-corrected chi connectivity index (χ1v) is 6.55. The first-order chi connectivity index (χ1) is 10.0. The van der Waals surface area contributed by atoms with Crippen molar-refractivity contribution in [3.8, 4) is 17.2 Å². The van der Waals surface area contributed by atoms with E-state index in [1.165, 1.54) is 12.1 Å². The lowest BCUT2D eigenvalue weighted by molar-refractivity contribution is -0.378. The number of phenols is 1. The smallest absolute Gasteiger partial charge is 0.387 e. The van der Waals surface area contributed by atoms with Crippen molar-refractivity contribution in [1.29, 1.82) is 0 Å². The minimum Gasteiger partial charge on any atom is -0.504 e. The van der Waals surface area contributed by atoms with E-state index >= 15 is 0 Å². The van der Waals surface area contributed by atoms with Crippen molar-refractivity contribution in [3.05, 3.63) is 46.7 Å². The Hall–Kier alpha value is -2.08. The van der Waals surface area contributed by atoms with Crippen molar-refractivity contribution < 1.29 is 28.3 Å². The van der Waals surface area contributed by atoms with E-state index in [1.54, 1.807) is 18.5 Å². The highest BCUT2D eigenvalue weighted by Crippen LogP contribution is 2.40. The molecule has 1 unspecified atom stereocenters. The number of ether oxygens (including phenoxy) is 2. The average Bonchev–Trinajstić information content (AvgIpc) is 2.86. The number of aromatic hydroxyl groups is 1. The van der Waals surface area contributed by atoms with Crippen LogP contribution in [0.1, 0.15) is 17.2 Å². The van der Waals surface area contributed by atoms with Crippen LogP contribution in [0.25, 0.3) is 0 Å². The fourth-order valence-corrected chi connectivity index (χ4v) is 2.52. The van der Waals surface area contributed by atoms with Crippen LogP contribution in [0.5, 0.6) is 17.2 Å². The van der Waals surface area contributed by atoms with Crippen LogP contribution >= 0.6 is 11.6 Å². The number of pyridine rings is 1. The summed E-state index contributed by atoms with van der Waals surface area (Å²) in [6, 6.07) is 4.22. The molecule has 21 heavy (non-hydrogen) atoms. The van der Waals surface area contributed by atoms with E-state index in [1.807, 2.05) is 0 Å². The van der Waals surface area contributed by atoms with Crippen molar-refractivity contribution in [2.45, 2.75) is 19.1 Å². The molecular formula is C14H11ClF2NO3+. The van der Waals surface area contributed by atoms with Crippen LogP contribution in [0, 0.1) is 0 Å². The van der Waals surface area contributed by atoms with Gasteiger partial charge in [-0.1, -0.05) is 17.7 Å². The first kappa shape index (κ1) is 13.9. The third kappa shape index (κ3) is 2.71. The number of hydrogen-bond donors (Lipinski definition) is 1. The summed E-state index contributed by atoms with van der Waals surface area (Å²) in [6.07, 6.45) is 3.55. The predicted molar refractivity (Wildman–Crippen MR) is 69.8 cm³/mol. The Kier molecular flexibility index (Phi) is 3.55. The molecule has 0 amide bonds. The van der Waals surface area contributed by atoms with Crippen molar-refractivity contribution in [1.82, 2.24) is 0 Å². The van der Waals surface area contributed by atoms with Gasteiger partial charge in [0, 0.05) is 12.0 Å². The van der Waals surface area contributed by atoms with E-state index in [0.717, 1.165) is 5.56 Å². The highest BCUT2D eigenvalue weighted by molar-refractivity contribution is 6.31. The largest absolute Gasteiger partial charge is 0.504 e. The molecule has 4 nitrogen and oxygen atoms in total. The Morgan fingerprint density at radius 2 is 2.19 bits per heavy atom. The Bertz CT molecular complexity index is 681. The maximum absolute atomic E-state index is 12.1. The van der Waals surface area contributed by atoms with Crippen LogP contribution in [0.15, 0.2) is 30.6 Å². The molecule has 1 aliphatic rings. The summed E-state index contributed by atoms with van der Waals surface area (Å²) in [5.74, 6) is 0.0144. The fraction of sp³-hybridized carbons (Fsp3) is 0.214. The number of hydrogen-bond acceptors (Lipinski definition) is 3. The van der Waals surface area contributed by atoms with Crippen molar-refractivity contribution >= 4 is 11.6 Å². The lowest BCUT2D eigenvalue weighted by Crippen LogP contribution is -2.05. The molecule has 0 aliphatic carbocycles. The molecule has 7 heteroatoms. The third-order valence-corrected chi connectivity index (χ3v) is 3.58. The van der Waals surface area contributed by atoms with Gasteiger partial charge in [0.2, 0.25) is 6.20 Å². The molecule has 1 aromatic carbocycles. The second-order valence-electron chi connectivity index (χ2n) is 4.56. The third-order valence-electron chi connectivity index (χ3n) is 3.24. The zero-order chi connectivity index (χ0) is 15.0. The summed E-state index contributed by atoms with van der Waals surface area (Å²) in [5.41, 5.74) is 1.52. The number of aromatic nitrogens is 1. The summed E-state index contributed by atoms with van der Waals surface area (Å²) in [5, 5.41) is 10.3. The monoisotopic (exact) mass is 314 g/mol. The van der Waals surface area contributed by atoms with Gasteiger partial charge >= 0.3 is 6.61 Å². The number of nitrogens with one attached hydrogen (secondary N) is 1.